The second-order valence-corrected chi connectivity index (χ2v) is 4.97. The lowest BCUT2D eigenvalue weighted by Crippen LogP contribution is -2.29. The minimum absolute atomic E-state index is 0.647. The van der Waals surface area contributed by atoms with Crippen LogP contribution in [0.25, 0.3) is 5.57 Å². The van der Waals surface area contributed by atoms with Gasteiger partial charge in [0.1, 0.15) is 5.75 Å². The quantitative estimate of drug-likeness (QED) is 0.828. The Balaban J connectivity index is 1.82. The predicted molar refractivity (Wildman–Crippen MR) is 72.2 cm³/mol. The molecule has 1 aromatic rings. The minimum atomic E-state index is 0.647. The molecule has 2 unspecified atom stereocenters. The van der Waals surface area contributed by atoms with Crippen LogP contribution in [0.2, 0.25) is 0 Å². The first kappa shape index (κ1) is 11.5. The molecular weight excluding hydrogens is 224 g/mol. The standard InChI is InChI=1S/C15H18N2O/c1-2-18-14-7-13(9-16-10-14)12-4-3-11-5-6-17-15(11)8-12/h2,4,7,9-11,15,17H,1,3,5-6,8H2. The van der Waals surface area contributed by atoms with Gasteiger partial charge in [-0.3, -0.25) is 4.98 Å². The number of allylic oxidation sites excluding steroid dienone is 1. The Morgan fingerprint density at radius 1 is 1.44 bits per heavy atom. The van der Waals surface area contributed by atoms with E-state index in [0.717, 1.165) is 24.6 Å². The maximum Gasteiger partial charge on any atom is 0.145 e. The van der Waals surface area contributed by atoms with Crippen molar-refractivity contribution >= 4 is 5.57 Å². The van der Waals surface area contributed by atoms with Gasteiger partial charge in [-0.2, -0.15) is 0 Å². The van der Waals surface area contributed by atoms with Gasteiger partial charge in [-0.1, -0.05) is 12.7 Å². The Bertz CT molecular complexity index is 481. The maximum atomic E-state index is 5.28. The molecule has 1 aliphatic carbocycles. The number of nitrogens with zero attached hydrogens (tertiary/aromatic N) is 1. The third-order valence-electron chi connectivity index (χ3n) is 3.90. The van der Waals surface area contributed by atoms with Crippen LogP contribution in [0, 0.1) is 5.92 Å². The van der Waals surface area contributed by atoms with Crippen molar-refractivity contribution in [3.63, 3.8) is 0 Å². The highest BCUT2D eigenvalue weighted by Crippen LogP contribution is 2.35. The zero-order valence-electron chi connectivity index (χ0n) is 10.4. The molecule has 18 heavy (non-hydrogen) atoms. The van der Waals surface area contributed by atoms with Crippen LogP contribution in [0.1, 0.15) is 24.8 Å². The van der Waals surface area contributed by atoms with Crippen molar-refractivity contribution in [3.8, 4) is 5.75 Å². The molecule has 1 aliphatic heterocycles. The molecule has 0 bridgehead atoms. The Morgan fingerprint density at radius 2 is 2.39 bits per heavy atom. The molecule has 0 spiro atoms. The fraction of sp³-hybridized carbons (Fsp3) is 0.400. The van der Waals surface area contributed by atoms with E-state index >= 15 is 0 Å². The average molecular weight is 242 g/mol. The number of ether oxygens (including phenoxy) is 1. The van der Waals surface area contributed by atoms with Crippen molar-refractivity contribution in [1.82, 2.24) is 10.3 Å². The lowest BCUT2D eigenvalue weighted by atomic mass is 9.84. The van der Waals surface area contributed by atoms with Crippen molar-refractivity contribution in [2.24, 2.45) is 5.92 Å². The van der Waals surface area contributed by atoms with E-state index in [-0.39, 0.29) is 0 Å². The zero-order chi connectivity index (χ0) is 12.4. The molecule has 94 valence electrons. The van der Waals surface area contributed by atoms with Gasteiger partial charge >= 0.3 is 0 Å². The molecule has 1 aromatic heterocycles. The van der Waals surface area contributed by atoms with E-state index in [4.69, 9.17) is 4.74 Å². The molecule has 3 nitrogen and oxygen atoms in total. The van der Waals surface area contributed by atoms with Crippen molar-refractivity contribution in [1.29, 1.82) is 0 Å². The summed E-state index contributed by atoms with van der Waals surface area (Å²) < 4.78 is 5.28. The topological polar surface area (TPSA) is 34.1 Å². The van der Waals surface area contributed by atoms with Gasteiger partial charge in [0.2, 0.25) is 0 Å². The fourth-order valence-corrected chi connectivity index (χ4v) is 2.95. The van der Waals surface area contributed by atoms with Crippen LogP contribution < -0.4 is 10.1 Å². The summed E-state index contributed by atoms with van der Waals surface area (Å²) in [7, 11) is 0. The van der Waals surface area contributed by atoms with E-state index in [1.54, 1.807) is 6.20 Å². The number of hydrogen-bond donors (Lipinski definition) is 1. The van der Waals surface area contributed by atoms with E-state index in [1.807, 2.05) is 12.3 Å². The first-order valence-electron chi connectivity index (χ1n) is 6.52. The molecule has 2 heterocycles. The first-order valence-corrected chi connectivity index (χ1v) is 6.52. The number of fused-ring (bicyclic) bond motifs is 1. The smallest absolute Gasteiger partial charge is 0.145 e. The van der Waals surface area contributed by atoms with Crippen molar-refractivity contribution < 1.29 is 4.74 Å². The molecule has 0 saturated carbocycles. The first-order chi connectivity index (χ1) is 8.86. The number of nitrogens with one attached hydrogen (secondary N) is 1. The van der Waals surface area contributed by atoms with Crippen LogP contribution in [0.5, 0.6) is 5.75 Å². The fourth-order valence-electron chi connectivity index (χ4n) is 2.95. The molecule has 3 heteroatoms. The summed E-state index contributed by atoms with van der Waals surface area (Å²) >= 11 is 0. The van der Waals surface area contributed by atoms with E-state index in [2.05, 4.69) is 23.0 Å². The number of aromatic nitrogens is 1. The second-order valence-electron chi connectivity index (χ2n) is 4.97. The number of pyridine rings is 1. The normalized spacial score (nSPS) is 26.3. The Labute approximate surface area is 108 Å². The van der Waals surface area contributed by atoms with Crippen LogP contribution >= 0.6 is 0 Å². The molecule has 0 amide bonds. The van der Waals surface area contributed by atoms with Gasteiger partial charge < -0.3 is 10.1 Å². The highest BCUT2D eigenvalue weighted by molar-refractivity contribution is 5.67. The van der Waals surface area contributed by atoms with Crippen molar-refractivity contribution in [3.05, 3.63) is 42.9 Å². The maximum absolute atomic E-state index is 5.28. The molecule has 1 N–H and O–H groups in total. The van der Waals surface area contributed by atoms with Gasteiger partial charge in [0.15, 0.2) is 0 Å². The van der Waals surface area contributed by atoms with Crippen LogP contribution in [0.3, 0.4) is 0 Å². The molecule has 3 rings (SSSR count). The zero-order valence-corrected chi connectivity index (χ0v) is 10.4. The molecule has 2 aliphatic rings. The number of hydrogen-bond acceptors (Lipinski definition) is 3. The predicted octanol–water partition coefficient (Wildman–Crippen LogP) is 2.76. The van der Waals surface area contributed by atoms with Gasteiger partial charge in [0.05, 0.1) is 12.5 Å². The lowest BCUT2D eigenvalue weighted by Gasteiger charge is -2.25. The summed E-state index contributed by atoms with van der Waals surface area (Å²) in [5, 5.41) is 3.59. The summed E-state index contributed by atoms with van der Waals surface area (Å²) in [5.74, 6) is 1.58. The largest absolute Gasteiger partial charge is 0.464 e. The van der Waals surface area contributed by atoms with Crippen molar-refractivity contribution in [2.45, 2.75) is 25.3 Å². The average Bonchev–Trinajstić information content (AvgIpc) is 2.86. The monoisotopic (exact) mass is 242 g/mol. The molecule has 1 fully saturated rings. The highest BCUT2D eigenvalue weighted by Gasteiger charge is 2.30. The Hall–Kier alpha value is -1.61. The van der Waals surface area contributed by atoms with E-state index < -0.39 is 0 Å². The van der Waals surface area contributed by atoms with Gasteiger partial charge in [-0.05, 0) is 48.9 Å². The SMILES string of the molecule is C=COc1cncc(C2=CCC3CCNC3C2)c1. The third kappa shape index (κ3) is 2.18. The molecule has 1 saturated heterocycles. The summed E-state index contributed by atoms with van der Waals surface area (Å²) in [6.07, 6.45) is 11.0. The third-order valence-corrected chi connectivity index (χ3v) is 3.90. The summed E-state index contributed by atoms with van der Waals surface area (Å²) in [4.78, 5) is 4.23. The van der Waals surface area contributed by atoms with Gasteiger partial charge in [0, 0.05) is 12.2 Å². The van der Waals surface area contributed by atoms with Gasteiger partial charge in [0.25, 0.3) is 0 Å². The molecule has 0 radical (unpaired) electrons. The van der Waals surface area contributed by atoms with Crippen LogP contribution in [0.4, 0.5) is 0 Å². The van der Waals surface area contributed by atoms with E-state index in [1.165, 1.54) is 30.2 Å². The van der Waals surface area contributed by atoms with Crippen LogP contribution in [-0.2, 0) is 0 Å². The lowest BCUT2D eigenvalue weighted by molar-refractivity contribution is 0.444. The highest BCUT2D eigenvalue weighted by atomic mass is 16.5. The van der Waals surface area contributed by atoms with Crippen LogP contribution in [0.15, 0.2) is 37.4 Å². The summed E-state index contributed by atoms with van der Waals surface area (Å²) in [6.45, 7) is 4.73. The second kappa shape index (κ2) is 4.94. The molecule has 2 atom stereocenters. The van der Waals surface area contributed by atoms with Gasteiger partial charge in [-0.25, -0.2) is 0 Å². The molecular formula is C15H18N2O. The molecule has 0 aromatic carbocycles. The van der Waals surface area contributed by atoms with E-state index in [0.29, 0.717) is 6.04 Å². The van der Waals surface area contributed by atoms with Crippen molar-refractivity contribution in [2.75, 3.05) is 6.54 Å². The van der Waals surface area contributed by atoms with E-state index in [9.17, 15) is 0 Å². The minimum Gasteiger partial charge on any atom is -0.464 e. The summed E-state index contributed by atoms with van der Waals surface area (Å²) in [5.41, 5.74) is 2.55. The Kier molecular flexibility index (Phi) is 3.15. The number of rotatable bonds is 3. The summed E-state index contributed by atoms with van der Waals surface area (Å²) in [6, 6.07) is 2.68. The Morgan fingerprint density at radius 3 is 3.28 bits per heavy atom. The van der Waals surface area contributed by atoms with Crippen LogP contribution in [-0.4, -0.2) is 17.6 Å². The van der Waals surface area contributed by atoms with Gasteiger partial charge in [-0.15, -0.1) is 0 Å².